The Kier molecular flexibility index (Phi) is 7.91. The molecule has 0 spiro atoms. The summed E-state index contributed by atoms with van der Waals surface area (Å²) in [7, 11) is 3.09. The van der Waals surface area contributed by atoms with Gasteiger partial charge in [-0.3, -0.25) is 4.79 Å². The molecule has 0 unspecified atom stereocenters. The van der Waals surface area contributed by atoms with Crippen LogP contribution in [0, 0.1) is 0 Å². The van der Waals surface area contributed by atoms with Gasteiger partial charge < -0.3 is 25.4 Å². The minimum absolute atomic E-state index is 0.0847. The number of anilines is 2. The number of nitrogens with one attached hydrogen (secondary N) is 3. The first-order valence-corrected chi connectivity index (χ1v) is 8.65. The maximum Gasteiger partial charge on any atom is 0.323 e. The van der Waals surface area contributed by atoms with E-state index in [1.54, 1.807) is 49.6 Å². The van der Waals surface area contributed by atoms with E-state index < -0.39 is 6.03 Å². The zero-order valence-corrected chi connectivity index (χ0v) is 15.9. The fourth-order valence-electron chi connectivity index (χ4n) is 2.31. The molecule has 2 rings (SSSR count). The van der Waals surface area contributed by atoms with E-state index in [2.05, 4.69) is 16.0 Å². The normalized spacial score (nSPS) is 10.2. The molecule has 0 aliphatic heterocycles. The minimum Gasteiger partial charge on any atom is -0.495 e. The lowest BCUT2D eigenvalue weighted by atomic mass is 10.1. The van der Waals surface area contributed by atoms with Gasteiger partial charge in [0.2, 0.25) is 5.91 Å². The lowest BCUT2D eigenvalue weighted by Crippen LogP contribution is -2.28. The van der Waals surface area contributed by atoms with E-state index in [0.717, 1.165) is 5.56 Å². The van der Waals surface area contributed by atoms with Crippen molar-refractivity contribution in [2.45, 2.75) is 6.42 Å². The van der Waals surface area contributed by atoms with Crippen LogP contribution in [0.15, 0.2) is 42.5 Å². The summed E-state index contributed by atoms with van der Waals surface area (Å²) in [6.07, 6.45) is 0.260. The molecular weight excluding hydrogens is 370 g/mol. The third-order valence-electron chi connectivity index (χ3n) is 3.61. The van der Waals surface area contributed by atoms with Gasteiger partial charge in [0, 0.05) is 24.4 Å². The molecule has 0 aromatic heterocycles. The van der Waals surface area contributed by atoms with Crippen molar-refractivity contribution in [3.63, 3.8) is 0 Å². The van der Waals surface area contributed by atoms with Crippen LogP contribution in [0.2, 0.25) is 5.02 Å². The molecule has 0 bridgehead atoms. The van der Waals surface area contributed by atoms with Gasteiger partial charge >= 0.3 is 6.03 Å². The van der Waals surface area contributed by atoms with Crippen molar-refractivity contribution in [3.8, 4) is 5.75 Å². The Balaban J connectivity index is 1.89. The molecule has 0 aliphatic carbocycles. The minimum atomic E-state index is -0.430. The van der Waals surface area contributed by atoms with E-state index in [9.17, 15) is 9.59 Å². The highest BCUT2D eigenvalue weighted by atomic mass is 35.5. The fraction of sp³-hybridized carbons (Fsp3) is 0.263. The second-order valence-corrected chi connectivity index (χ2v) is 6.08. The first-order valence-electron chi connectivity index (χ1n) is 8.28. The van der Waals surface area contributed by atoms with E-state index in [4.69, 9.17) is 21.1 Å². The molecule has 2 aromatic carbocycles. The molecule has 0 radical (unpaired) electrons. The number of amides is 3. The molecule has 3 amide bonds. The Morgan fingerprint density at radius 1 is 1.04 bits per heavy atom. The molecule has 0 saturated heterocycles. The van der Waals surface area contributed by atoms with Crippen LogP contribution in [-0.2, 0) is 16.0 Å². The number of ether oxygens (including phenoxy) is 2. The number of benzene rings is 2. The van der Waals surface area contributed by atoms with Crippen molar-refractivity contribution in [1.29, 1.82) is 0 Å². The maximum absolute atomic E-state index is 12.2. The average Bonchev–Trinajstić information content (AvgIpc) is 2.64. The third kappa shape index (κ3) is 6.80. The molecule has 0 atom stereocenters. The predicted octanol–water partition coefficient (Wildman–Crippen LogP) is 3.30. The van der Waals surface area contributed by atoms with Crippen molar-refractivity contribution in [2.24, 2.45) is 0 Å². The van der Waals surface area contributed by atoms with Gasteiger partial charge in [-0.05, 0) is 35.9 Å². The van der Waals surface area contributed by atoms with Crippen LogP contribution in [0.4, 0.5) is 16.2 Å². The number of rotatable bonds is 8. The van der Waals surface area contributed by atoms with Crippen LogP contribution in [0.25, 0.3) is 0 Å². The zero-order chi connectivity index (χ0) is 19.6. The summed E-state index contributed by atoms with van der Waals surface area (Å²) in [5, 5.41) is 8.65. The van der Waals surface area contributed by atoms with Gasteiger partial charge in [0.05, 0.1) is 25.8 Å². The highest BCUT2D eigenvalue weighted by molar-refractivity contribution is 6.31. The first-order chi connectivity index (χ1) is 13.0. The molecule has 27 heavy (non-hydrogen) atoms. The molecule has 144 valence electrons. The average molecular weight is 392 g/mol. The van der Waals surface area contributed by atoms with Crippen molar-refractivity contribution in [2.75, 3.05) is 38.0 Å². The molecule has 0 heterocycles. The van der Waals surface area contributed by atoms with Gasteiger partial charge in [-0.2, -0.15) is 0 Å². The van der Waals surface area contributed by atoms with E-state index >= 15 is 0 Å². The summed E-state index contributed by atoms with van der Waals surface area (Å²) in [6.45, 7) is 0.948. The SMILES string of the molecule is COCCNC(=O)Cc1ccc(NC(=O)Nc2cc(Cl)ccc2OC)cc1. The summed E-state index contributed by atoms with van der Waals surface area (Å²) in [6, 6.07) is 11.5. The Bertz CT molecular complexity index is 781. The van der Waals surface area contributed by atoms with Gasteiger partial charge in [-0.25, -0.2) is 4.79 Å². The van der Waals surface area contributed by atoms with E-state index in [1.807, 2.05) is 0 Å². The summed E-state index contributed by atoms with van der Waals surface area (Å²) in [5.41, 5.74) is 1.90. The number of carbonyl (C=O) groups is 2. The molecule has 3 N–H and O–H groups in total. The molecule has 8 heteroatoms. The summed E-state index contributed by atoms with van der Waals surface area (Å²) < 4.78 is 10.1. The van der Waals surface area contributed by atoms with E-state index in [-0.39, 0.29) is 12.3 Å². The number of hydrogen-bond donors (Lipinski definition) is 3. The van der Waals surface area contributed by atoms with Crippen molar-refractivity contribution in [3.05, 3.63) is 53.1 Å². The van der Waals surface area contributed by atoms with Crippen molar-refractivity contribution in [1.82, 2.24) is 5.32 Å². The number of hydrogen-bond acceptors (Lipinski definition) is 4. The lowest BCUT2D eigenvalue weighted by Gasteiger charge is -2.12. The molecule has 0 saturated carbocycles. The topological polar surface area (TPSA) is 88.7 Å². The fourth-order valence-corrected chi connectivity index (χ4v) is 2.48. The van der Waals surface area contributed by atoms with Crippen LogP contribution in [0.5, 0.6) is 5.75 Å². The van der Waals surface area contributed by atoms with Crippen molar-refractivity contribution < 1.29 is 19.1 Å². The lowest BCUT2D eigenvalue weighted by molar-refractivity contribution is -0.120. The Morgan fingerprint density at radius 2 is 1.78 bits per heavy atom. The number of urea groups is 1. The summed E-state index contributed by atoms with van der Waals surface area (Å²) >= 11 is 5.95. The standard InChI is InChI=1S/C19H22ClN3O4/c1-26-10-9-21-18(24)11-13-3-6-15(7-4-13)22-19(25)23-16-12-14(20)5-8-17(16)27-2/h3-8,12H,9-11H2,1-2H3,(H,21,24)(H2,22,23,25). The molecule has 0 aliphatic rings. The number of carbonyl (C=O) groups excluding carboxylic acids is 2. The van der Waals surface area contributed by atoms with E-state index in [0.29, 0.717) is 35.3 Å². The Morgan fingerprint density at radius 3 is 2.44 bits per heavy atom. The summed E-state index contributed by atoms with van der Waals surface area (Å²) in [5.74, 6) is 0.419. The molecular formula is C19H22ClN3O4. The van der Waals surface area contributed by atoms with Crippen LogP contribution in [0.3, 0.4) is 0 Å². The second-order valence-electron chi connectivity index (χ2n) is 5.64. The first kappa shape index (κ1) is 20.5. The maximum atomic E-state index is 12.2. The molecule has 7 nitrogen and oxygen atoms in total. The van der Waals surface area contributed by atoms with Gasteiger partial charge in [0.25, 0.3) is 0 Å². The highest BCUT2D eigenvalue weighted by Crippen LogP contribution is 2.27. The van der Waals surface area contributed by atoms with Crippen LogP contribution in [0.1, 0.15) is 5.56 Å². The van der Waals surface area contributed by atoms with Crippen LogP contribution < -0.4 is 20.7 Å². The monoisotopic (exact) mass is 391 g/mol. The Labute approximate surface area is 163 Å². The van der Waals surface area contributed by atoms with Gasteiger partial charge in [-0.1, -0.05) is 23.7 Å². The molecule has 0 fully saturated rings. The van der Waals surface area contributed by atoms with E-state index in [1.165, 1.54) is 7.11 Å². The quantitative estimate of drug-likeness (QED) is 0.602. The van der Waals surface area contributed by atoms with Crippen LogP contribution >= 0.6 is 11.6 Å². The zero-order valence-electron chi connectivity index (χ0n) is 15.2. The largest absolute Gasteiger partial charge is 0.495 e. The number of halogens is 1. The molecule has 2 aromatic rings. The van der Waals surface area contributed by atoms with Crippen molar-refractivity contribution >= 4 is 34.9 Å². The Hall–Kier alpha value is -2.77. The summed E-state index contributed by atoms with van der Waals surface area (Å²) in [4.78, 5) is 23.9. The van der Waals surface area contributed by atoms with Gasteiger partial charge in [0.1, 0.15) is 5.75 Å². The smallest absolute Gasteiger partial charge is 0.323 e. The third-order valence-corrected chi connectivity index (χ3v) is 3.85. The van der Waals surface area contributed by atoms with Crippen LogP contribution in [-0.4, -0.2) is 39.3 Å². The number of methoxy groups -OCH3 is 2. The van der Waals surface area contributed by atoms with Gasteiger partial charge in [0.15, 0.2) is 0 Å². The van der Waals surface area contributed by atoms with Gasteiger partial charge in [-0.15, -0.1) is 0 Å². The second kappa shape index (κ2) is 10.4. The highest BCUT2D eigenvalue weighted by Gasteiger charge is 2.09. The predicted molar refractivity (Wildman–Crippen MR) is 106 cm³/mol.